The van der Waals surface area contributed by atoms with E-state index in [9.17, 15) is 9.59 Å². The molecule has 1 N–H and O–H groups in total. The second-order valence-corrected chi connectivity index (χ2v) is 18.8. The van der Waals surface area contributed by atoms with Crippen LogP contribution in [-0.4, -0.2) is 38.7 Å². The predicted octanol–water partition coefficient (Wildman–Crippen LogP) is 9.14. The summed E-state index contributed by atoms with van der Waals surface area (Å²) in [5.74, 6) is 3.03. The Balaban J connectivity index is 1.37. The van der Waals surface area contributed by atoms with Crippen LogP contribution >= 0.6 is 0 Å². The smallest absolute Gasteiger partial charge is 0.306 e. The van der Waals surface area contributed by atoms with E-state index < -0.39 is 5.41 Å². The second-order valence-electron chi connectivity index (χ2n) is 18.8. The molecule has 256 valence electrons. The molecule has 5 nitrogen and oxygen atoms in total. The van der Waals surface area contributed by atoms with Crippen LogP contribution in [0, 0.1) is 62.1 Å². The van der Waals surface area contributed by atoms with Crippen molar-refractivity contribution in [3.63, 3.8) is 0 Å². The average molecular weight is 626 g/mol. The summed E-state index contributed by atoms with van der Waals surface area (Å²) < 4.78 is 11.2. The number of allylic oxidation sites excluding steroid dienone is 1. The molecule has 0 saturated heterocycles. The zero-order valence-electron chi connectivity index (χ0n) is 30.7. The van der Waals surface area contributed by atoms with Gasteiger partial charge in [-0.25, -0.2) is 0 Å². The van der Waals surface area contributed by atoms with Crippen LogP contribution in [0.15, 0.2) is 12.2 Å². The fraction of sp³-hybridized carbons (Fsp3) is 0.900. The predicted molar refractivity (Wildman–Crippen MR) is 182 cm³/mol. The minimum atomic E-state index is -0.481. The first-order chi connectivity index (χ1) is 20.9. The summed E-state index contributed by atoms with van der Waals surface area (Å²) in [5.41, 5.74) is 2.29. The number of carbonyl (C=O) groups is 2. The quantitative estimate of drug-likeness (QED) is 0.204. The maximum atomic E-state index is 13.3. The van der Waals surface area contributed by atoms with Crippen molar-refractivity contribution >= 4 is 11.9 Å². The van der Waals surface area contributed by atoms with E-state index in [1.165, 1.54) is 70.5 Å². The van der Waals surface area contributed by atoms with Gasteiger partial charge in [0, 0.05) is 5.41 Å². The topological polar surface area (TPSA) is 64.6 Å². The lowest BCUT2D eigenvalue weighted by atomic mass is 9.32. The van der Waals surface area contributed by atoms with Crippen molar-refractivity contribution < 1.29 is 19.1 Å². The lowest BCUT2D eigenvalue weighted by Gasteiger charge is -2.73. The molecule has 10 atom stereocenters. The molecular formula is C40H67NO4. The number of carbonyl (C=O) groups excluding carboxylic acids is 2. The number of hydrogen-bond acceptors (Lipinski definition) is 5. The number of fused-ring (bicyclic) bond motifs is 7. The Morgan fingerprint density at radius 3 is 2.18 bits per heavy atom. The van der Waals surface area contributed by atoms with E-state index in [1.54, 1.807) is 0 Å². The molecule has 0 amide bonds. The number of methoxy groups -OCH3 is 1. The minimum Gasteiger partial charge on any atom is -0.469 e. The largest absolute Gasteiger partial charge is 0.469 e. The molecule has 5 aliphatic rings. The zero-order chi connectivity index (χ0) is 33.2. The average Bonchev–Trinajstić information content (AvgIpc) is 3.33. The van der Waals surface area contributed by atoms with Crippen LogP contribution in [0.4, 0.5) is 0 Å². The van der Waals surface area contributed by atoms with Gasteiger partial charge in [-0.1, -0.05) is 60.6 Å². The number of esters is 2. The summed E-state index contributed by atoms with van der Waals surface area (Å²) >= 11 is 0. The summed E-state index contributed by atoms with van der Waals surface area (Å²) in [7, 11) is 3.53. The SMILES string of the molecule is C=C(C)[C@@H]1CC[C@]2(CCNC)CC[C@]3(C)C(CCC4[C@@]5(C)CC[C@H](OC(=O)CC(C)(C)CC(=O)OC)C(C)(C)C5CC[C@]43C)C12. The first-order valence-electron chi connectivity index (χ1n) is 18.5. The molecule has 5 aliphatic carbocycles. The van der Waals surface area contributed by atoms with E-state index in [2.05, 4.69) is 60.5 Å². The molecular weight excluding hydrogens is 558 g/mol. The van der Waals surface area contributed by atoms with Crippen LogP contribution in [0.25, 0.3) is 0 Å². The van der Waals surface area contributed by atoms with E-state index in [-0.39, 0.29) is 41.7 Å². The van der Waals surface area contributed by atoms with Crippen molar-refractivity contribution in [1.29, 1.82) is 0 Å². The van der Waals surface area contributed by atoms with Gasteiger partial charge >= 0.3 is 11.9 Å². The number of rotatable bonds is 9. The van der Waals surface area contributed by atoms with E-state index in [1.807, 2.05) is 13.8 Å². The Morgan fingerprint density at radius 2 is 1.53 bits per heavy atom. The Kier molecular flexibility index (Phi) is 9.29. The lowest BCUT2D eigenvalue weighted by molar-refractivity contribution is -0.250. The molecule has 5 heteroatoms. The van der Waals surface area contributed by atoms with Gasteiger partial charge in [0.15, 0.2) is 0 Å². The molecule has 0 radical (unpaired) electrons. The second kappa shape index (κ2) is 12.0. The first kappa shape index (κ1) is 35.0. The normalized spacial score (nSPS) is 43.7. The van der Waals surface area contributed by atoms with Crippen LogP contribution in [0.5, 0.6) is 0 Å². The molecule has 4 unspecified atom stereocenters. The Bertz CT molecular complexity index is 1160. The van der Waals surface area contributed by atoms with E-state index in [0.717, 1.165) is 31.2 Å². The highest BCUT2D eigenvalue weighted by molar-refractivity contribution is 5.74. The van der Waals surface area contributed by atoms with Crippen molar-refractivity contribution in [1.82, 2.24) is 5.32 Å². The summed E-state index contributed by atoms with van der Waals surface area (Å²) in [4.78, 5) is 25.2. The fourth-order valence-corrected chi connectivity index (χ4v) is 13.4. The van der Waals surface area contributed by atoms with Gasteiger partial charge in [0.25, 0.3) is 0 Å². The molecule has 5 rings (SSSR count). The molecule has 5 saturated carbocycles. The minimum absolute atomic E-state index is 0.0782. The molecule has 5 fully saturated rings. The van der Waals surface area contributed by atoms with Gasteiger partial charge in [-0.2, -0.15) is 0 Å². The fourth-order valence-electron chi connectivity index (χ4n) is 13.4. The molecule has 0 heterocycles. The molecule has 0 spiro atoms. The highest BCUT2D eigenvalue weighted by Gasteiger charge is 2.71. The molecule has 0 aromatic heterocycles. The van der Waals surface area contributed by atoms with E-state index in [4.69, 9.17) is 9.47 Å². The van der Waals surface area contributed by atoms with Crippen molar-refractivity contribution in [2.45, 2.75) is 145 Å². The molecule has 0 aromatic carbocycles. The highest BCUT2D eigenvalue weighted by atomic mass is 16.5. The maximum Gasteiger partial charge on any atom is 0.306 e. The third kappa shape index (κ3) is 5.55. The monoisotopic (exact) mass is 626 g/mol. The van der Waals surface area contributed by atoms with Crippen LogP contribution < -0.4 is 5.32 Å². The van der Waals surface area contributed by atoms with Gasteiger partial charge in [0.1, 0.15) is 6.10 Å². The van der Waals surface area contributed by atoms with Crippen LogP contribution in [0.3, 0.4) is 0 Å². The summed E-state index contributed by atoms with van der Waals surface area (Å²) in [5, 5.41) is 3.51. The maximum absolute atomic E-state index is 13.3. The van der Waals surface area contributed by atoms with Crippen molar-refractivity contribution in [2.24, 2.45) is 62.1 Å². The zero-order valence-corrected chi connectivity index (χ0v) is 30.7. The molecule has 0 bridgehead atoms. The van der Waals surface area contributed by atoms with Gasteiger partial charge in [-0.3, -0.25) is 9.59 Å². The van der Waals surface area contributed by atoms with Crippen LogP contribution in [0.2, 0.25) is 0 Å². The van der Waals surface area contributed by atoms with E-state index in [0.29, 0.717) is 34.0 Å². The number of ether oxygens (including phenoxy) is 2. The van der Waals surface area contributed by atoms with E-state index >= 15 is 0 Å². The Labute approximate surface area is 275 Å². The molecule has 0 aliphatic heterocycles. The summed E-state index contributed by atoms with van der Waals surface area (Å²) in [6, 6.07) is 0. The van der Waals surface area contributed by atoms with Gasteiger partial charge in [-0.15, -0.1) is 0 Å². The van der Waals surface area contributed by atoms with Gasteiger partial charge in [-0.05, 0) is 148 Å². The summed E-state index contributed by atoms with van der Waals surface area (Å²) in [6.45, 7) is 24.8. The van der Waals surface area contributed by atoms with Crippen LogP contribution in [0.1, 0.15) is 139 Å². The van der Waals surface area contributed by atoms with Crippen LogP contribution in [-0.2, 0) is 19.1 Å². The number of hydrogen-bond donors (Lipinski definition) is 1. The summed E-state index contributed by atoms with van der Waals surface area (Å²) in [6.07, 6.45) is 14.5. The highest BCUT2D eigenvalue weighted by Crippen LogP contribution is 2.78. The van der Waals surface area contributed by atoms with Gasteiger partial charge in [0.2, 0.25) is 0 Å². The van der Waals surface area contributed by atoms with Crippen molar-refractivity contribution in [3.05, 3.63) is 12.2 Å². The third-order valence-electron chi connectivity index (χ3n) is 15.8. The lowest BCUT2D eigenvalue weighted by Crippen LogP contribution is -2.66. The third-order valence-corrected chi connectivity index (χ3v) is 15.8. The molecule has 0 aromatic rings. The standard InChI is InChI=1S/C40H67NO4/c1-26(2)27-14-19-40(22-23-41-10)21-20-38(8)28(34(27)40)12-13-30-37(7)17-16-31(36(5,6)29(37)15-18-39(30,38)9)45-33(43)25-35(3,4)24-32(42)44-11/h27-31,34,41H,1,12-25H2,2-11H3/t27-,28?,29?,30?,31-,34?,37-,38+,39+,40+/m0/s1. The Morgan fingerprint density at radius 1 is 0.844 bits per heavy atom. The van der Waals surface area contributed by atoms with Gasteiger partial charge in [0.05, 0.1) is 20.0 Å². The van der Waals surface area contributed by atoms with Gasteiger partial charge < -0.3 is 14.8 Å². The number of nitrogens with one attached hydrogen (secondary N) is 1. The van der Waals surface area contributed by atoms with Crippen molar-refractivity contribution in [2.75, 3.05) is 20.7 Å². The molecule has 45 heavy (non-hydrogen) atoms. The first-order valence-corrected chi connectivity index (χ1v) is 18.5. The Hall–Kier alpha value is -1.36. The van der Waals surface area contributed by atoms with Crippen molar-refractivity contribution in [3.8, 4) is 0 Å².